The van der Waals surface area contributed by atoms with Gasteiger partial charge in [-0.15, -0.1) is 12.4 Å². The van der Waals surface area contributed by atoms with Crippen molar-refractivity contribution in [3.05, 3.63) is 34.9 Å². The third-order valence-electron chi connectivity index (χ3n) is 3.74. The van der Waals surface area contributed by atoms with Crippen LogP contribution in [0.1, 0.15) is 39.1 Å². The van der Waals surface area contributed by atoms with Crippen LogP contribution in [-0.2, 0) is 14.8 Å². The molecule has 1 aromatic carbocycles. The zero-order valence-electron chi connectivity index (χ0n) is 11.5. The zero-order valence-corrected chi connectivity index (χ0v) is 14.7. The second-order valence-corrected chi connectivity index (χ2v) is 5.89. The van der Waals surface area contributed by atoms with Crippen LogP contribution in [0.3, 0.4) is 0 Å². The van der Waals surface area contributed by atoms with Gasteiger partial charge in [-0.3, -0.25) is 0 Å². The number of hydrogen-bond acceptors (Lipinski definition) is 4. The molecule has 4 amide bonds. The fraction of sp³-hybridized carbons (Fsp3) is 0.286. The van der Waals surface area contributed by atoms with E-state index in [9.17, 15) is 19.2 Å². The fourth-order valence-corrected chi connectivity index (χ4v) is 3.18. The minimum absolute atomic E-state index is 0. The summed E-state index contributed by atoms with van der Waals surface area (Å²) in [5.41, 5.74) is 1.66. The summed E-state index contributed by atoms with van der Waals surface area (Å²) < 4.78 is 0. The topological polar surface area (TPSA) is 83.6 Å². The number of benzene rings is 1. The minimum atomic E-state index is -0.899. The van der Waals surface area contributed by atoms with Crippen LogP contribution < -0.4 is 5.32 Å². The first kappa shape index (κ1) is 16.7. The second kappa shape index (κ2) is 6.22. The van der Waals surface area contributed by atoms with E-state index in [0.717, 1.165) is 15.7 Å². The number of fused-ring (bicyclic) bond motifs is 1. The number of amides is 4. The van der Waals surface area contributed by atoms with Crippen LogP contribution in [0.15, 0.2) is 18.2 Å². The van der Waals surface area contributed by atoms with Crippen molar-refractivity contribution in [1.29, 1.82) is 0 Å². The van der Waals surface area contributed by atoms with Gasteiger partial charge in [-0.2, -0.15) is 0 Å². The molecule has 1 aromatic rings. The summed E-state index contributed by atoms with van der Waals surface area (Å²) in [6.07, 6.45) is 0.312. The van der Waals surface area contributed by atoms with E-state index in [1.54, 1.807) is 12.1 Å². The van der Waals surface area contributed by atoms with Gasteiger partial charge in [-0.05, 0) is 0 Å². The summed E-state index contributed by atoms with van der Waals surface area (Å²) in [5, 5.41) is 2.99. The molecule has 2 unspecified atom stereocenters. The van der Waals surface area contributed by atoms with Gasteiger partial charge in [0.05, 0.1) is 0 Å². The Kier molecular flexibility index (Phi) is 4.73. The number of halogens is 1. The molecule has 0 spiro atoms. The van der Waals surface area contributed by atoms with Crippen LogP contribution in [0.25, 0.3) is 0 Å². The molecule has 2 aliphatic heterocycles. The normalized spacial score (nSPS) is 20.6. The molecular formula is C14H14AsClN2O4. The molecule has 22 heavy (non-hydrogen) atoms. The number of hydrogen-bond donors (Lipinski definition) is 1. The summed E-state index contributed by atoms with van der Waals surface area (Å²) in [6.45, 7) is 0. The molecular weight excluding hydrogens is 371 g/mol. The van der Waals surface area contributed by atoms with Gasteiger partial charge in [0.2, 0.25) is 0 Å². The van der Waals surface area contributed by atoms with Crippen molar-refractivity contribution in [2.45, 2.75) is 24.1 Å². The molecule has 3 rings (SSSR count). The summed E-state index contributed by atoms with van der Waals surface area (Å²) >= 11 is 1.51. The predicted octanol–water partition coefficient (Wildman–Crippen LogP) is -0.357. The molecule has 116 valence electrons. The SMILES string of the molecule is Cl.O=C1CCC(N2C(=O)c3ccc(C[AsH2])cc3C2=O)C(=O)N1. The summed E-state index contributed by atoms with van der Waals surface area (Å²) in [6, 6.07) is 4.27. The maximum atomic E-state index is 12.4. The standard InChI is InChI=1S/C14H13AsN2O4.ClH/c15-6-7-1-2-8-9(5-7)14(21)17(13(8)20)10-3-4-11(18)16-12(10)19;/h1-2,5,10H,3-4,6,15H2,(H,16,18,19);1H. The molecule has 8 heteroatoms. The van der Waals surface area contributed by atoms with Crippen molar-refractivity contribution in [2.24, 2.45) is 0 Å². The zero-order chi connectivity index (χ0) is 15.1. The van der Waals surface area contributed by atoms with E-state index in [1.807, 2.05) is 6.07 Å². The van der Waals surface area contributed by atoms with Crippen molar-refractivity contribution >= 4 is 52.9 Å². The van der Waals surface area contributed by atoms with Crippen LogP contribution in [-0.4, -0.2) is 51.4 Å². The Morgan fingerprint density at radius 1 is 1.14 bits per heavy atom. The Morgan fingerprint density at radius 3 is 2.45 bits per heavy atom. The van der Waals surface area contributed by atoms with E-state index in [1.165, 1.54) is 16.9 Å². The van der Waals surface area contributed by atoms with Gasteiger partial charge in [0, 0.05) is 0 Å². The van der Waals surface area contributed by atoms with Crippen molar-refractivity contribution in [2.75, 3.05) is 0 Å². The fourth-order valence-electron chi connectivity index (χ4n) is 2.65. The molecule has 0 aromatic heterocycles. The van der Waals surface area contributed by atoms with Crippen molar-refractivity contribution in [3.63, 3.8) is 0 Å². The number of nitrogens with one attached hydrogen (secondary N) is 1. The summed E-state index contributed by atoms with van der Waals surface area (Å²) in [5.74, 6) is -1.87. The number of piperidine rings is 1. The quantitative estimate of drug-likeness (QED) is 0.558. The van der Waals surface area contributed by atoms with E-state index in [4.69, 9.17) is 0 Å². The molecule has 2 atom stereocenters. The van der Waals surface area contributed by atoms with Crippen LogP contribution in [0.4, 0.5) is 0 Å². The second-order valence-electron chi connectivity index (χ2n) is 5.03. The summed E-state index contributed by atoms with van der Waals surface area (Å²) in [7, 11) is 0. The van der Waals surface area contributed by atoms with Gasteiger partial charge < -0.3 is 0 Å². The van der Waals surface area contributed by atoms with E-state index in [0.29, 0.717) is 11.1 Å². The number of rotatable bonds is 2. The van der Waals surface area contributed by atoms with Crippen molar-refractivity contribution < 1.29 is 19.2 Å². The van der Waals surface area contributed by atoms with E-state index in [2.05, 4.69) is 5.32 Å². The Balaban J connectivity index is 0.00000176. The van der Waals surface area contributed by atoms with Crippen molar-refractivity contribution in [3.8, 4) is 0 Å². The summed E-state index contributed by atoms with van der Waals surface area (Å²) in [4.78, 5) is 48.9. The van der Waals surface area contributed by atoms with Gasteiger partial charge in [-0.25, -0.2) is 0 Å². The van der Waals surface area contributed by atoms with Gasteiger partial charge >= 0.3 is 129 Å². The van der Waals surface area contributed by atoms with Gasteiger partial charge in [0.25, 0.3) is 0 Å². The molecule has 0 radical (unpaired) electrons. The van der Waals surface area contributed by atoms with Gasteiger partial charge in [0.15, 0.2) is 0 Å². The van der Waals surface area contributed by atoms with Crippen LogP contribution in [0.2, 0.25) is 0 Å². The predicted molar refractivity (Wildman–Crippen MR) is 82.6 cm³/mol. The molecule has 0 aliphatic carbocycles. The van der Waals surface area contributed by atoms with E-state index in [-0.39, 0.29) is 31.2 Å². The Bertz CT molecular complexity index is 691. The molecule has 0 saturated carbocycles. The van der Waals surface area contributed by atoms with E-state index >= 15 is 0 Å². The van der Waals surface area contributed by atoms with Crippen LogP contribution in [0.5, 0.6) is 0 Å². The monoisotopic (exact) mass is 384 g/mol. The molecule has 0 bridgehead atoms. The number of carbonyl (C=O) groups excluding carboxylic acids is 4. The number of imide groups is 2. The first-order valence-electron chi connectivity index (χ1n) is 6.57. The Morgan fingerprint density at radius 2 is 1.82 bits per heavy atom. The molecule has 2 heterocycles. The van der Waals surface area contributed by atoms with Crippen LogP contribution >= 0.6 is 12.4 Å². The molecule has 1 N–H and O–H groups in total. The number of carbonyl (C=O) groups is 4. The van der Waals surface area contributed by atoms with Gasteiger partial charge in [-0.1, -0.05) is 0 Å². The maximum absolute atomic E-state index is 12.4. The Labute approximate surface area is 141 Å². The average molecular weight is 385 g/mol. The molecule has 6 nitrogen and oxygen atoms in total. The van der Waals surface area contributed by atoms with Crippen molar-refractivity contribution in [1.82, 2.24) is 10.2 Å². The average Bonchev–Trinajstić information content (AvgIpc) is 2.71. The third-order valence-corrected chi connectivity index (χ3v) is 4.73. The van der Waals surface area contributed by atoms with Gasteiger partial charge in [0.1, 0.15) is 0 Å². The van der Waals surface area contributed by atoms with Crippen LogP contribution in [0, 0.1) is 0 Å². The molecule has 1 saturated heterocycles. The first-order valence-corrected chi connectivity index (χ1v) is 8.29. The van der Waals surface area contributed by atoms with E-state index < -0.39 is 23.8 Å². The Hall–Kier alpha value is -1.65. The third kappa shape index (κ3) is 2.57. The number of nitrogens with zero attached hydrogens (tertiary/aromatic N) is 1. The molecule has 2 aliphatic rings. The molecule has 1 fully saturated rings. The first-order chi connectivity index (χ1) is 10.0.